The van der Waals surface area contributed by atoms with Gasteiger partial charge in [-0.25, -0.2) is 0 Å². The number of carbonyl (C=O) groups is 1. The van der Waals surface area contributed by atoms with E-state index >= 15 is 0 Å². The molecule has 2 aliphatic rings. The quantitative estimate of drug-likeness (QED) is 0.826. The Balaban J connectivity index is 1.42. The minimum Gasteiger partial charge on any atom is -0.492 e. The lowest BCUT2D eigenvalue weighted by molar-refractivity contribution is -0.137. The van der Waals surface area contributed by atoms with Crippen LogP contribution in [0.1, 0.15) is 29.5 Å². The summed E-state index contributed by atoms with van der Waals surface area (Å²) in [4.78, 5) is 17.3. The van der Waals surface area contributed by atoms with Gasteiger partial charge in [0.1, 0.15) is 12.4 Å². The van der Waals surface area contributed by atoms with Gasteiger partial charge in [0.25, 0.3) is 0 Å². The number of aliphatic hydroxyl groups excluding tert-OH is 1. The Labute approximate surface area is 179 Å². The molecule has 0 radical (unpaired) electrons. The predicted molar refractivity (Wildman–Crippen MR) is 117 cm³/mol. The van der Waals surface area contributed by atoms with Crippen LogP contribution in [0.15, 0.2) is 48.5 Å². The van der Waals surface area contributed by atoms with Gasteiger partial charge in [-0.05, 0) is 43.4 Å². The minimum atomic E-state index is -0.255. The number of rotatable bonds is 5. The number of benzene rings is 2. The zero-order chi connectivity index (χ0) is 21.0. The Morgan fingerprint density at radius 3 is 2.77 bits per heavy atom. The predicted octanol–water partition coefficient (Wildman–Crippen LogP) is 3.03. The molecule has 0 aromatic heterocycles. The molecule has 1 saturated heterocycles. The first kappa shape index (κ1) is 20.9. The van der Waals surface area contributed by atoms with Crippen molar-refractivity contribution in [1.29, 1.82) is 0 Å². The van der Waals surface area contributed by atoms with E-state index in [1.807, 2.05) is 29.2 Å². The number of para-hydroxylation sites is 1. The number of piperidine rings is 1. The van der Waals surface area contributed by atoms with Crippen LogP contribution >= 0.6 is 0 Å². The van der Waals surface area contributed by atoms with Crippen LogP contribution < -0.4 is 4.74 Å². The molecule has 1 unspecified atom stereocenters. The number of carbonyl (C=O) groups excluding carboxylic acids is 1. The molecular formula is C25H32N2O3. The second kappa shape index (κ2) is 9.19. The van der Waals surface area contributed by atoms with Gasteiger partial charge in [-0.2, -0.15) is 0 Å². The maximum absolute atomic E-state index is 13.2. The zero-order valence-electron chi connectivity index (χ0n) is 17.8. The van der Waals surface area contributed by atoms with Crippen molar-refractivity contribution in [1.82, 2.24) is 9.80 Å². The van der Waals surface area contributed by atoms with Crippen LogP contribution in [0.4, 0.5) is 0 Å². The lowest BCUT2D eigenvalue weighted by Crippen LogP contribution is -2.51. The lowest BCUT2D eigenvalue weighted by atomic mass is 9.75. The molecule has 1 atom stereocenters. The van der Waals surface area contributed by atoms with Crippen LogP contribution in [0.2, 0.25) is 0 Å². The monoisotopic (exact) mass is 408 g/mol. The fraction of sp³-hybridized carbons (Fsp3) is 0.480. The summed E-state index contributed by atoms with van der Waals surface area (Å²) in [5.41, 5.74) is 3.39. The summed E-state index contributed by atoms with van der Waals surface area (Å²) >= 11 is 0. The third-order valence-corrected chi connectivity index (χ3v) is 6.57. The summed E-state index contributed by atoms with van der Waals surface area (Å²) in [5.74, 6) is 1.07. The van der Waals surface area contributed by atoms with Crippen molar-refractivity contribution in [2.45, 2.75) is 32.7 Å². The Bertz CT molecular complexity index is 884. The first-order chi connectivity index (χ1) is 14.6. The molecule has 0 bridgehead atoms. The van der Waals surface area contributed by atoms with E-state index in [0.29, 0.717) is 19.7 Å². The van der Waals surface area contributed by atoms with E-state index in [1.165, 1.54) is 11.1 Å². The van der Waals surface area contributed by atoms with Gasteiger partial charge < -0.3 is 14.7 Å². The Morgan fingerprint density at radius 1 is 1.13 bits per heavy atom. The molecule has 1 N–H and O–H groups in total. The van der Waals surface area contributed by atoms with Gasteiger partial charge in [-0.1, -0.05) is 42.5 Å². The molecule has 4 rings (SSSR count). The van der Waals surface area contributed by atoms with Gasteiger partial charge in [0.15, 0.2) is 0 Å². The summed E-state index contributed by atoms with van der Waals surface area (Å²) < 4.78 is 5.83. The molecule has 2 aromatic rings. The molecule has 2 aromatic carbocycles. The number of fused-ring (bicyclic) bond motifs is 1. The van der Waals surface area contributed by atoms with E-state index in [4.69, 9.17) is 4.74 Å². The van der Waals surface area contributed by atoms with Gasteiger partial charge in [-0.3, -0.25) is 9.69 Å². The van der Waals surface area contributed by atoms with E-state index < -0.39 is 0 Å². The van der Waals surface area contributed by atoms with E-state index in [9.17, 15) is 9.90 Å². The standard InChI is InChI=1S/C25H32N2O3/c1-20-7-2-3-8-21(20)15-25(19-28)11-6-12-27(18-25)24(29)17-26-13-14-30-23-10-5-4-9-22(23)16-26/h2-5,7-10,28H,6,11-19H2,1H3. The summed E-state index contributed by atoms with van der Waals surface area (Å²) in [6.45, 7) is 6.07. The summed E-state index contributed by atoms with van der Waals surface area (Å²) in [6, 6.07) is 16.4. The Kier molecular flexibility index (Phi) is 6.40. The number of nitrogens with zero attached hydrogens (tertiary/aromatic N) is 2. The topological polar surface area (TPSA) is 53.0 Å². The van der Waals surface area contributed by atoms with Crippen LogP contribution in [-0.2, 0) is 17.8 Å². The molecule has 160 valence electrons. The third kappa shape index (κ3) is 4.68. The average molecular weight is 409 g/mol. The molecule has 1 fully saturated rings. The molecule has 5 nitrogen and oxygen atoms in total. The van der Waals surface area contributed by atoms with Crippen molar-refractivity contribution in [3.63, 3.8) is 0 Å². The highest BCUT2D eigenvalue weighted by molar-refractivity contribution is 5.78. The van der Waals surface area contributed by atoms with Gasteiger partial charge >= 0.3 is 0 Å². The van der Waals surface area contributed by atoms with Crippen molar-refractivity contribution in [2.75, 3.05) is 39.4 Å². The van der Waals surface area contributed by atoms with Crippen molar-refractivity contribution < 1.29 is 14.6 Å². The van der Waals surface area contributed by atoms with Crippen molar-refractivity contribution in [3.8, 4) is 5.75 Å². The molecule has 0 saturated carbocycles. The van der Waals surface area contributed by atoms with E-state index in [-0.39, 0.29) is 17.9 Å². The molecule has 5 heteroatoms. The smallest absolute Gasteiger partial charge is 0.236 e. The molecule has 0 spiro atoms. The minimum absolute atomic E-state index is 0.107. The molecule has 2 aliphatic heterocycles. The SMILES string of the molecule is Cc1ccccc1CC1(CO)CCCN(C(=O)CN2CCOc3ccccc3C2)C1. The van der Waals surface area contributed by atoms with Crippen LogP contribution in [0, 0.1) is 12.3 Å². The zero-order valence-corrected chi connectivity index (χ0v) is 17.8. The number of likely N-dealkylation sites (tertiary alicyclic amines) is 1. The van der Waals surface area contributed by atoms with E-state index in [2.05, 4.69) is 36.1 Å². The fourth-order valence-electron chi connectivity index (χ4n) is 4.77. The molecule has 1 amide bonds. The van der Waals surface area contributed by atoms with Crippen LogP contribution in [0.5, 0.6) is 5.75 Å². The van der Waals surface area contributed by atoms with Gasteiger partial charge in [0.2, 0.25) is 5.91 Å². The van der Waals surface area contributed by atoms with Gasteiger partial charge in [0, 0.05) is 37.2 Å². The molecule has 0 aliphatic carbocycles. The number of aliphatic hydroxyl groups is 1. The Hall–Kier alpha value is -2.37. The molecular weight excluding hydrogens is 376 g/mol. The highest BCUT2D eigenvalue weighted by Gasteiger charge is 2.37. The highest BCUT2D eigenvalue weighted by atomic mass is 16.5. The largest absolute Gasteiger partial charge is 0.492 e. The van der Waals surface area contributed by atoms with Crippen molar-refractivity contribution in [3.05, 3.63) is 65.2 Å². The number of hydrogen-bond acceptors (Lipinski definition) is 4. The normalized spacial score (nSPS) is 22.1. The summed E-state index contributed by atoms with van der Waals surface area (Å²) in [6.07, 6.45) is 2.70. The van der Waals surface area contributed by atoms with Crippen LogP contribution in [0.25, 0.3) is 0 Å². The van der Waals surface area contributed by atoms with Gasteiger partial charge in [-0.15, -0.1) is 0 Å². The maximum Gasteiger partial charge on any atom is 0.236 e. The lowest BCUT2D eigenvalue weighted by Gasteiger charge is -2.42. The first-order valence-corrected chi connectivity index (χ1v) is 10.9. The summed E-state index contributed by atoms with van der Waals surface area (Å²) in [5, 5.41) is 10.3. The maximum atomic E-state index is 13.2. The number of aryl methyl sites for hydroxylation is 1. The molecule has 2 heterocycles. The van der Waals surface area contributed by atoms with E-state index in [1.54, 1.807) is 0 Å². The van der Waals surface area contributed by atoms with Crippen molar-refractivity contribution in [2.24, 2.45) is 5.41 Å². The van der Waals surface area contributed by atoms with Crippen LogP contribution in [0.3, 0.4) is 0 Å². The second-order valence-corrected chi connectivity index (χ2v) is 8.85. The van der Waals surface area contributed by atoms with E-state index in [0.717, 1.165) is 50.2 Å². The Morgan fingerprint density at radius 2 is 1.93 bits per heavy atom. The fourth-order valence-corrected chi connectivity index (χ4v) is 4.77. The van der Waals surface area contributed by atoms with Crippen LogP contribution in [-0.4, -0.2) is 60.2 Å². The second-order valence-electron chi connectivity index (χ2n) is 8.85. The third-order valence-electron chi connectivity index (χ3n) is 6.57. The molecule has 30 heavy (non-hydrogen) atoms. The summed E-state index contributed by atoms with van der Waals surface area (Å²) in [7, 11) is 0. The number of hydrogen-bond donors (Lipinski definition) is 1. The first-order valence-electron chi connectivity index (χ1n) is 10.9. The number of ether oxygens (including phenoxy) is 1. The van der Waals surface area contributed by atoms with Gasteiger partial charge in [0.05, 0.1) is 13.2 Å². The van der Waals surface area contributed by atoms with Crippen molar-refractivity contribution >= 4 is 5.91 Å². The highest BCUT2D eigenvalue weighted by Crippen LogP contribution is 2.34. The number of amides is 1. The average Bonchev–Trinajstić information content (AvgIpc) is 2.97.